The molecule has 0 saturated heterocycles. The van der Waals surface area contributed by atoms with Crippen molar-refractivity contribution in [3.8, 4) is 5.75 Å². The first-order valence-corrected chi connectivity index (χ1v) is 11.6. The highest BCUT2D eigenvalue weighted by atomic mass is 35.5. The number of ether oxygens (including phenoxy) is 1. The fraction of sp³-hybridized carbons (Fsp3) is 0.294. The molecule has 2 rings (SSSR count). The van der Waals surface area contributed by atoms with Crippen LogP contribution in [0.4, 0.5) is 18.9 Å². The van der Waals surface area contributed by atoms with Gasteiger partial charge < -0.3 is 4.74 Å². The molecule has 0 aliphatic carbocycles. The first-order chi connectivity index (χ1) is 13.7. The van der Waals surface area contributed by atoms with Crippen molar-refractivity contribution in [3.63, 3.8) is 0 Å². The van der Waals surface area contributed by atoms with Gasteiger partial charge in [-0.2, -0.15) is 13.2 Å². The summed E-state index contributed by atoms with van der Waals surface area (Å²) in [5.41, 5.74) is -1.49. The Kier molecular flexibility index (Phi) is 6.96. The van der Waals surface area contributed by atoms with E-state index in [0.29, 0.717) is 6.07 Å². The molecule has 0 amide bonds. The predicted octanol–water partition coefficient (Wildman–Crippen LogP) is 3.81. The molecule has 0 radical (unpaired) electrons. The quantitative estimate of drug-likeness (QED) is 0.642. The molecule has 0 atom stereocenters. The SMILES string of the molecule is CCOc1ccc(NS(=O)(=O)c2ccc(Cl)c(C(F)(F)F)c2)cc1S(=O)(=O)N(C)C. The van der Waals surface area contributed by atoms with Gasteiger partial charge in [0.2, 0.25) is 10.0 Å². The molecule has 30 heavy (non-hydrogen) atoms. The van der Waals surface area contributed by atoms with Gasteiger partial charge in [0.25, 0.3) is 10.0 Å². The summed E-state index contributed by atoms with van der Waals surface area (Å²) in [6, 6.07) is 5.64. The molecular weight excluding hydrogens is 469 g/mol. The van der Waals surface area contributed by atoms with Crippen LogP contribution in [-0.4, -0.2) is 41.8 Å². The number of nitrogens with zero attached hydrogens (tertiary/aromatic N) is 1. The molecule has 0 aromatic heterocycles. The van der Waals surface area contributed by atoms with E-state index in [1.807, 2.05) is 0 Å². The summed E-state index contributed by atoms with van der Waals surface area (Å²) < 4.78 is 97.6. The van der Waals surface area contributed by atoms with Crippen molar-refractivity contribution in [2.75, 3.05) is 25.4 Å². The van der Waals surface area contributed by atoms with Crippen molar-refractivity contribution in [2.45, 2.75) is 22.9 Å². The molecular formula is C17H18ClF3N2O5S2. The van der Waals surface area contributed by atoms with Crippen LogP contribution in [0.15, 0.2) is 46.2 Å². The molecule has 0 heterocycles. The van der Waals surface area contributed by atoms with Crippen LogP contribution in [0.5, 0.6) is 5.75 Å². The van der Waals surface area contributed by atoms with E-state index in [2.05, 4.69) is 4.72 Å². The summed E-state index contributed by atoms with van der Waals surface area (Å²) in [5, 5.41) is -0.651. The molecule has 0 aliphatic heterocycles. The summed E-state index contributed by atoms with van der Waals surface area (Å²) in [6.45, 7) is 1.80. The van der Waals surface area contributed by atoms with Crippen LogP contribution >= 0.6 is 11.6 Å². The summed E-state index contributed by atoms with van der Waals surface area (Å²) >= 11 is 5.52. The zero-order valence-corrected chi connectivity index (χ0v) is 18.4. The zero-order valence-electron chi connectivity index (χ0n) is 16.0. The fourth-order valence-corrected chi connectivity index (χ4v) is 4.70. The van der Waals surface area contributed by atoms with Crippen LogP contribution in [-0.2, 0) is 26.2 Å². The number of hydrogen-bond acceptors (Lipinski definition) is 5. The van der Waals surface area contributed by atoms with E-state index >= 15 is 0 Å². The summed E-state index contributed by atoms with van der Waals surface area (Å²) in [7, 11) is -5.90. The minimum atomic E-state index is -4.85. The van der Waals surface area contributed by atoms with Gasteiger partial charge in [0.15, 0.2) is 0 Å². The number of benzene rings is 2. The molecule has 2 aromatic carbocycles. The Bertz CT molecular complexity index is 1150. The third-order valence-electron chi connectivity index (χ3n) is 3.81. The Morgan fingerprint density at radius 1 is 1.07 bits per heavy atom. The average molecular weight is 487 g/mol. The number of halogens is 4. The molecule has 13 heteroatoms. The first-order valence-electron chi connectivity index (χ1n) is 8.29. The maximum atomic E-state index is 13.0. The maximum Gasteiger partial charge on any atom is 0.417 e. The average Bonchev–Trinajstić information content (AvgIpc) is 2.61. The van der Waals surface area contributed by atoms with Crippen LogP contribution in [0, 0.1) is 0 Å². The summed E-state index contributed by atoms with van der Waals surface area (Å²) in [6.07, 6.45) is -4.85. The van der Waals surface area contributed by atoms with E-state index in [1.54, 1.807) is 6.92 Å². The molecule has 0 fully saturated rings. The molecule has 0 bridgehead atoms. The maximum absolute atomic E-state index is 13.0. The lowest BCUT2D eigenvalue weighted by Gasteiger charge is -2.17. The van der Waals surface area contributed by atoms with E-state index in [1.165, 1.54) is 26.2 Å². The van der Waals surface area contributed by atoms with Gasteiger partial charge in [0.05, 0.1) is 27.8 Å². The standard InChI is InChI=1S/C17H18ClF3N2O5S2/c1-4-28-15-8-5-11(9-16(15)30(26,27)23(2)3)22-29(24,25)12-6-7-14(18)13(10-12)17(19,20)21/h5-10,22H,4H2,1-3H3. The van der Waals surface area contributed by atoms with Crippen molar-refractivity contribution in [1.29, 1.82) is 0 Å². The van der Waals surface area contributed by atoms with Gasteiger partial charge in [0, 0.05) is 14.1 Å². The Morgan fingerprint density at radius 2 is 1.70 bits per heavy atom. The van der Waals surface area contributed by atoms with E-state index in [-0.39, 0.29) is 22.9 Å². The van der Waals surface area contributed by atoms with E-state index in [0.717, 1.165) is 22.5 Å². The van der Waals surface area contributed by atoms with Gasteiger partial charge in [-0.25, -0.2) is 21.1 Å². The number of anilines is 1. The van der Waals surface area contributed by atoms with E-state index in [9.17, 15) is 30.0 Å². The Hall–Kier alpha value is -2.02. The topological polar surface area (TPSA) is 92.8 Å². The minimum absolute atomic E-state index is 0.00000134. The second kappa shape index (κ2) is 8.61. The number of alkyl halides is 3. The lowest BCUT2D eigenvalue weighted by Crippen LogP contribution is -2.23. The number of sulfonamides is 2. The number of rotatable bonds is 7. The summed E-state index contributed by atoms with van der Waals surface area (Å²) in [5.74, 6) is -0.00000134. The third-order valence-corrected chi connectivity index (χ3v) is 7.35. The Morgan fingerprint density at radius 3 is 2.23 bits per heavy atom. The van der Waals surface area contributed by atoms with Crippen molar-refractivity contribution in [1.82, 2.24) is 4.31 Å². The second-order valence-corrected chi connectivity index (χ2v) is 10.3. The number of hydrogen-bond donors (Lipinski definition) is 1. The van der Waals surface area contributed by atoms with Gasteiger partial charge >= 0.3 is 6.18 Å². The smallest absolute Gasteiger partial charge is 0.417 e. The molecule has 1 N–H and O–H groups in total. The van der Waals surface area contributed by atoms with Gasteiger partial charge in [-0.15, -0.1) is 0 Å². The zero-order chi connectivity index (χ0) is 22.9. The van der Waals surface area contributed by atoms with Crippen LogP contribution in [0.3, 0.4) is 0 Å². The van der Waals surface area contributed by atoms with E-state index < -0.39 is 41.7 Å². The highest BCUT2D eigenvalue weighted by molar-refractivity contribution is 7.92. The Labute approximate surface area is 177 Å². The predicted molar refractivity (Wildman–Crippen MR) is 106 cm³/mol. The van der Waals surface area contributed by atoms with Crippen molar-refractivity contribution in [3.05, 3.63) is 47.0 Å². The van der Waals surface area contributed by atoms with Crippen LogP contribution in [0.1, 0.15) is 12.5 Å². The van der Waals surface area contributed by atoms with Gasteiger partial charge in [-0.05, 0) is 43.3 Å². The largest absolute Gasteiger partial charge is 0.492 e. The highest BCUT2D eigenvalue weighted by Gasteiger charge is 2.34. The number of nitrogens with one attached hydrogen (secondary N) is 1. The monoisotopic (exact) mass is 486 g/mol. The van der Waals surface area contributed by atoms with Crippen LogP contribution in [0.2, 0.25) is 5.02 Å². The van der Waals surface area contributed by atoms with Crippen molar-refractivity contribution < 1.29 is 34.7 Å². The lowest BCUT2D eigenvalue weighted by molar-refractivity contribution is -0.137. The van der Waals surface area contributed by atoms with Crippen LogP contribution in [0.25, 0.3) is 0 Å². The molecule has 0 spiro atoms. The Balaban J connectivity index is 2.52. The van der Waals surface area contributed by atoms with Crippen molar-refractivity contribution >= 4 is 37.3 Å². The molecule has 166 valence electrons. The normalized spacial score (nSPS) is 12.8. The first kappa shape index (κ1) is 24.3. The van der Waals surface area contributed by atoms with Crippen LogP contribution < -0.4 is 9.46 Å². The molecule has 0 unspecified atom stereocenters. The fourth-order valence-electron chi connectivity index (χ4n) is 2.35. The third kappa shape index (κ3) is 5.17. The molecule has 7 nitrogen and oxygen atoms in total. The summed E-state index contributed by atoms with van der Waals surface area (Å²) in [4.78, 5) is -0.994. The van der Waals surface area contributed by atoms with Crippen molar-refractivity contribution in [2.24, 2.45) is 0 Å². The van der Waals surface area contributed by atoms with Gasteiger partial charge in [0.1, 0.15) is 10.6 Å². The second-order valence-electron chi connectivity index (χ2n) is 6.13. The van der Waals surface area contributed by atoms with Gasteiger partial charge in [-0.3, -0.25) is 4.72 Å². The minimum Gasteiger partial charge on any atom is -0.492 e. The molecule has 2 aromatic rings. The molecule has 0 aliphatic rings. The van der Waals surface area contributed by atoms with Gasteiger partial charge in [-0.1, -0.05) is 11.6 Å². The lowest BCUT2D eigenvalue weighted by atomic mass is 10.2. The molecule has 0 saturated carbocycles. The van der Waals surface area contributed by atoms with E-state index in [4.69, 9.17) is 16.3 Å². The highest BCUT2D eigenvalue weighted by Crippen LogP contribution is 2.36.